The summed E-state index contributed by atoms with van der Waals surface area (Å²) >= 11 is 0. The number of ether oxygens (including phenoxy) is 2. The fourth-order valence-corrected chi connectivity index (χ4v) is 2.56. The zero-order valence-electron chi connectivity index (χ0n) is 8.78. The van der Waals surface area contributed by atoms with Crippen molar-refractivity contribution >= 4 is 0 Å². The number of hydrogen-bond acceptors (Lipinski definition) is 3. The summed E-state index contributed by atoms with van der Waals surface area (Å²) in [5.41, 5.74) is 6.07. The minimum absolute atomic E-state index is 0.0218. The van der Waals surface area contributed by atoms with Gasteiger partial charge in [0.25, 0.3) is 0 Å². The topological polar surface area (TPSA) is 44.5 Å². The summed E-state index contributed by atoms with van der Waals surface area (Å²) in [4.78, 5) is 0. The van der Waals surface area contributed by atoms with Crippen molar-refractivity contribution in [2.45, 2.75) is 50.9 Å². The van der Waals surface area contributed by atoms with Crippen LogP contribution >= 0.6 is 0 Å². The molecule has 2 N–H and O–H groups in total. The maximum absolute atomic E-state index is 6.07. The number of hydrogen-bond donors (Lipinski definition) is 1. The van der Waals surface area contributed by atoms with E-state index in [-0.39, 0.29) is 12.3 Å². The number of nitrogens with two attached hydrogens (primary N) is 1. The third-order valence-corrected chi connectivity index (χ3v) is 3.30. The van der Waals surface area contributed by atoms with Crippen LogP contribution in [0.25, 0.3) is 0 Å². The van der Waals surface area contributed by atoms with Crippen LogP contribution in [0.4, 0.5) is 0 Å². The molecule has 0 bridgehead atoms. The molecule has 3 nitrogen and oxygen atoms in total. The minimum atomic E-state index is -0.0218. The molecule has 1 aliphatic carbocycles. The van der Waals surface area contributed by atoms with E-state index in [2.05, 4.69) is 0 Å². The van der Waals surface area contributed by atoms with Crippen molar-refractivity contribution in [2.24, 2.45) is 11.7 Å². The van der Waals surface area contributed by atoms with E-state index >= 15 is 0 Å². The molecule has 14 heavy (non-hydrogen) atoms. The Morgan fingerprint density at radius 2 is 1.71 bits per heavy atom. The molecule has 1 unspecified atom stereocenters. The molecule has 0 radical (unpaired) electrons. The normalized spacial score (nSPS) is 27.2. The Labute approximate surface area is 85.9 Å². The second-order valence-corrected chi connectivity index (χ2v) is 4.55. The highest BCUT2D eigenvalue weighted by Gasteiger charge is 2.23. The highest BCUT2D eigenvalue weighted by Crippen LogP contribution is 2.29. The Hall–Kier alpha value is -0.120. The predicted molar refractivity (Wildman–Crippen MR) is 54.9 cm³/mol. The molecular weight excluding hydrogens is 178 g/mol. The summed E-state index contributed by atoms with van der Waals surface area (Å²) in [6.07, 6.45) is 7.55. The fraction of sp³-hybridized carbons (Fsp3) is 1.00. The van der Waals surface area contributed by atoms with Gasteiger partial charge in [0, 0.05) is 12.5 Å². The molecule has 0 aromatic carbocycles. The third kappa shape index (κ3) is 2.94. The van der Waals surface area contributed by atoms with Gasteiger partial charge in [-0.25, -0.2) is 0 Å². The van der Waals surface area contributed by atoms with Gasteiger partial charge in [-0.2, -0.15) is 0 Å². The van der Waals surface area contributed by atoms with Crippen LogP contribution in [0.3, 0.4) is 0 Å². The van der Waals surface area contributed by atoms with Crippen LogP contribution in [0.5, 0.6) is 0 Å². The Morgan fingerprint density at radius 1 is 1.07 bits per heavy atom. The monoisotopic (exact) mass is 199 g/mol. The molecule has 2 aliphatic rings. The summed E-state index contributed by atoms with van der Waals surface area (Å²) in [5, 5.41) is 0. The maximum Gasteiger partial charge on any atom is 0.159 e. The van der Waals surface area contributed by atoms with Crippen LogP contribution in [0.15, 0.2) is 0 Å². The van der Waals surface area contributed by atoms with Gasteiger partial charge >= 0.3 is 0 Å². The van der Waals surface area contributed by atoms with Crippen LogP contribution in [0.1, 0.15) is 38.5 Å². The zero-order chi connectivity index (χ0) is 9.80. The lowest BCUT2D eigenvalue weighted by molar-refractivity contribution is -0.0515. The molecule has 1 aliphatic heterocycles. The van der Waals surface area contributed by atoms with Gasteiger partial charge < -0.3 is 15.2 Å². The van der Waals surface area contributed by atoms with Crippen molar-refractivity contribution in [3.63, 3.8) is 0 Å². The molecule has 3 heteroatoms. The quantitative estimate of drug-likeness (QED) is 0.749. The first-order valence-electron chi connectivity index (χ1n) is 5.83. The Bertz CT molecular complexity index is 145. The molecule has 1 saturated carbocycles. The first-order valence-corrected chi connectivity index (χ1v) is 5.83. The summed E-state index contributed by atoms with van der Waals surface area (Å²) in [6.45, 7) is 1.47. The van der Waals surface area contributed by atoms with Gasteiger partial charge in [-0.1, -0.05) is 25.7 Å². The zero-order valence-corrected chi connectivity index (χ0v) is 8.78. The summed E-state index contributed by atoms with van der Waals surface area (Å²) in [6, 6.07) is 0.265. The lowest BCUT2D eigenvalue weighted by atomic mass is 9.97. The van der Waals surface area contributed by atoms with Gasteiger partial charge in [0.05, 0.1) is 13.2 Å². The van der Waals surface area contributed by atoms with Crippen LogP contribution in [0.2, 0.25) is 0 Å². The van der Waals surface area contributed by atoms with Crippen molar-refractivity contribution in [2.75, 3.05) is 13.2 Å². The lowest BCUT2D eigenvalue weighted by Gasteiger charge is -2.18. The van der Waals surface area contributed by atoms with Crippen molar-refractivity contribution in [3.05, 3.63) is 0 Å². The van der Waals surface area contributed by atoms with E-state index in [4.69, 9.17) is 15.2 Å². The molecule has 1 saturated heterocycles. The van der Waals surface area contributed by atoms with Gasteiger partial charge in [-0.05, 0) is 12.3 Å². The second-order valence-electron chi connectivity index (χ2n) is 4.55. The van der Waals surface area contributed by atoms with E-state index in [0.717, 1.165) is 32.0 Å². The molecule has 0 amide bonds. The largest absolute Gasteiger partial charge is 0.350 e. The van der Waals surface area contributed by atoms with E-state index in [9.17, 15) is 0 Å². The predicted octanol–water partition coefficient (Wildman–Crippen LogP) is 1.66. The molecule has 0 aromatic heterocycles. The van der Waals surface area contributed by atoms with Crippen molar-refractivity contribution in [1.29, 1.82) is 0 Å². The Balaban J connectivity index is 1.64. The fourth-order valence-electron chi connectivity index (χ4n) is 2.56. The molecule has 0 aromatic rings. The Morgan fingerprint density at radius 3 is 2.36 bits per heavy atom. The first kappa shape index (κ1) is 10.4. The van der Waals surface area contributed by atoms with E-state index in [1.54, 1.807) is 0 Å². The van der Waals surface area contributed by atoms with Crippen LogP contribution in [-0.2, 0) is 9.47 Å². The van der Waals surface area contributed by atoms with E-state index in [1.807, 2.05) is 0 Å². The molecule has 1 heterocycles. The van der Waals surface area contributed by atoms with E-state index in [1.165, 1.54) is 25.7 Å². The average Bonchev–Trinajstić information content (AvgIpc) is 2.76. The van der Waals surface area contributed by atoms with Crippen LogP contribution < -0.4 is 5.73 Å². The lowest BCUT2D eigenvalue weighted by Crippen LogP contribution is -2.28. The second kappa shape index (κ2) is 5.10. The molecule has 0 spiro atoms. The van der Waals surface area contributed by atoms with Gasteiger partial charge in [-0.15, -0.1) is 0 Å². The van der Waals surface area contributed by atoms with Crippen molar-refractivity contribution in [3.8, 4) is 0 Å². The van der Waals surface area contributed by atoms with Crippen molar-refractivity contribution < 1.29 is 9.47 Å². The highest BCUT2D eigenvalue weighted by molar-refractivity contribution is 4.74. The van der Waals surface area contributed by atoms with E-state index in [0.29, 0.717) is 0 Å². The molecule has 2 rings (SSSR count). The molecule has 2 fully saturated rings. The average molecular weight is 199 g/mol. The highest BCUT2D eigenvalue weighted by atomic mass is 16.7. The minimum Gasteiger partial charge on any atom is -0.350 e. The molecule has 1 atom stereocenters. The first-order chi connectivity index (χ1) is 6.84. The summed E-state index contributed by atoms with van der Waals surface area (Å²) in [5.74, 6) is 0.867. The molecular formula is C11H21NO2. The maximum atomic E-state index is 6.07. The Kier molecular flexibility index (Phi) is 3.79. The van der Waals surface area contributed by atoms with Crippen molar-refractivity contribution in [1.82, 2.24) is 0 Å². The van der Waals surface area contributed by atoms with Gasteiger partial charge in [0.15, 0.2) is 6.29 Å². The smallest absolute Gasteiger partial charge is 0.159 e. The van der Waals surface area contributed by atoms with Gasteiger partial charge in [0.2, 0.25) is 0 Å². The molecule has 82 valence electrons. The van der Waals surface area contributed by atoms with Crippen LogP contribution in [0, 0.1) is 5.92 Å². The van der Waals surface area contributed by atoms with Gasteiger partial charge in [-0.3, -0.25) is 0 Å². The summed E-state index contributed by atoms with van der Waals surface area (Å²) < 4.78 is 10.8. The van der Waals surface area contributed by atoms with E-state index < -0.39 is 0 Å². The SMILES string of the molecule is NC(CC1CCCC1)CC1OCCO1. The van der Waals surface area contributed by atoms with Crippen LogP contribution in [-0.4, -0.2) is 25.5 Å². The third-order valence-electron chi connectivity index (χ3n) is 3.30. The number of rotatable bonds is 4. The van der Waals surface area contributed by atoms with Gasteiger partial charge in [0.1, 0.15) is 0 Å². The summed E-state index contributed by atoms with van der Waals surface area (Å²) in [7, 11) is 0. The standard InChI is InChI=1S/C11H21NO2/c12-10(7-9-3-1-2-4-9)8-11-13-5-6-14-11/h9-11H,1-8,12H2.